The smallest absolute Gasteiger partial charge is 0.280 e. The third-order valence-electron chi connectivity index (χ3n) is 5.30. The lowest BCUT2D eigenvalue weighted by atomic mass is 9.98. The largest absolute Gasteiger partial charge is 0.346 e. The monoisotopic (exact) mass is 345 g/mol. The van der Waals surface area contributed by atoms with Gasteiger partial charge in [0.1, 0.15) is 0 Å². The number of rotatable bonds is 4. The number of hydrogen-bond donors (Lipinski definition) is 1. The maximum absolute atomic E-state index is 14.2. The number of benzene rings is 1. The third-order valence-corrected chi connectivity index (χ3v) is 5.30. The Balaban J connectivity index is 1.53. The van der Waals surface area contributed by atoms with Gasteiger partial charge in [-0.1, -0.05) is 30.3 Å². The van der Waals surface area contributed by atoms with Crippen molar-refractivity contribution < 1.29 is 9.18 Å². The molecule has 0 aromatic heterocycles. The minimum atomic E-state index is -0.720. The molecule has 2 aliphatic heterocycles. The zero-order chi connectivity index (χ0) is 17.6. The molecule has 5 heteroatoms. The fraction of sp³-hybridized carbons (Fsp3) is 0.550. The molecule has 1 aromatic carbocycles. The Hall–Kier alpha value is -1.72. The molecular formula is C20H28FN3O. The standard InChI is InChI=1S/C20H28FN3O/c1-23-12-9-18(10-13-23)24-11-5-8-17(15-24)22-20(25)19(21)14-16-6-3-2-4-7-16/h2-4,6-7,14,17-18H,5,8-13,15H2,1H3,(H,22,25)/b19-14-/t17-/m0/s1. The summed E-state index contributed by atoms with van der Waals surface area (Å²) in [4.78, 5) is 17.0. The SMILES string of the molecule is CN1CCC(N2CCC[C@H](NC(=O)/C(F)=C/c3ccccc3)C2)CC1. The first-order chi connectivity index (χ1) is 12.1. The van der Waals surface area contributed by atoms with Crippen molar-refractivity contribution in [3.63, 3.8) is 0 Å². The number of carbonyl (C=O) groups is 1. The molecule has 0 unspecified atom stereocenters. The third kappa shape index (κ3) is 5.13. The first-order valence-electron chi connectivity index (χ1n) is 9.27. The Morgan fingerprint density at radius 1 is 1.16 bits per heavy atom. The van der Waals surface area contributed by atoms with Crippen LogP contribution in [0.2, 0.25) is 0 Å². The first kappa shape index (κ1) is 18.1. The fourth-order valence-electron chi connectivity index (χ4n) is 3.83. The summed E-state index contributed by atoms with van der Waals surface area (Å²) in [7, 11) is 2.16. The minimum absolute atomic E-state index is 0.0378. The second-order valence-electron chi connectivity index (χ2n) is 7.24. The molecule has 25 heavy (non-hydrogen) atoms. The van der Waals surface area contributed by atoms with Gasteiger partial charge in [-0.25, -0.2) is 4.39 Å². The van der Waals surface area contributed by atoms with Gasteiger partial charge < -0.3 is 10.2 Å². The number of carbonyl (C=O) groups excluding carboxylic acids is 1. The Bertz CT molecular complexity index is 596. The van der Waals surface area contributed by atoms with Crippen molar-refractivity contribution in [3.05, 3.63) is 41.7 Å². The summed E-state index contributed by atoms with van der Waals surface area (Å²) >= 11 is 0. The lowest BCUT2D eigenvalue weighted by molar-refractivity contribution is -0.119. The molecule has 1 N–H and O–H groups in total. The van der Waals surface area contributed by atoms with Crippen molar-refractivity contribution >= 4 is 12.0 Å². The molecule has 0 spiro atoms. The van der Waals surface area contributed by atoms with Crippen molar-refractivity contribution in [3.8, 4) is 0 Å². The van der Waals surface area contributed by atoms with E-state index in [0.717, 1.165) is 39.0 Å². The summed E-state index contributed by atoms with van der Waals surface area (Å²) in [5.41, 5.74) is 0.701. The van der Waals surface area contributed by atoms with Gasteiger partial charge >= 0.3 is 0 Å². The lowest BCUT2D eigenvalue weighted by Crippen LogP contribution is -2.53. The van der Waals surface area contributed by atoms with Crippen LogP contribution in [0.4, 0.5) is 4.39 Å². The number of hydrogen-bond acceptors (Lipinski definition) is 3. The van der Waals surface area contributed by atoms with Crippen LogP contribution in [0.25, 0.3) is 6.08 Å². The van der Waals surface area contributed by atoms with Crippen LogP contribution in [0, 0.1) is 0 Å². The van der Waals surface area contributed by atoms with Crippen LogP contribution in [-0.4, -0.2) is 61.0 Å². The number of piperidine rings is 2. The summed E-state index contributed by atoms with van der Waals surface area (Å²) < 4.78 is 14.2. The van der Waals surface area contributed by atoms with Crippen LogP contribution in [0.1, 0.15) is 31.2 Å². The van der Waals surface area contributed by atoms with Crippen LogP contribution in [0.3, 0.4) is 0 Å². The van der Waals surface area contributed by atoms with Gasteiger partial charge in [0, 0.05) is 18.6 Å². The zero-order valence-corrected chi connectivity index (χ0v) is 15.0. The summed E-state index contributed by atoms with van der Waals surface area (Å²) in [5.74, 6) is -1.32. The van der Waals surface area contributed by atoms with E-state index in [2.05, 4.69) is 22.2 Å². The van der Waals surface area contributed by atoms with Gasteiger partial charge in [-0.05, 0) is 64.0 Å². The quantitative estimate of drug-likeness (QED) is 0.852. The Kier molecular flexibility index (Phi) is 6.21. The van der Waals surface area contributed by atoms with E-state index in [1.54, 1.807) is 12.1 Å². The van der Waals surface area contributed by atoms with Gasteiger partial charge in [0.25, 0.3) is 5.91 Å². The molecule has 3 rings (SSSR count). The molecule has 2 saturated heterocycles. The predicted octanol–water partition coefficient (Wildman–Crippen LogP) is 2.67. The van der Waals surface area contributed by atoms with E-state index in [1.165, 1.54) is 18.9 Å². The summed E-state index contributed by atoms with van der Waals surface area (Å²) in [6, 6.07) is 9.74. The van der Waals surface area contributed by atoms with Crippen molar-refractivity contribution in [1.29, 1.82) is 0 Å². The number of nitrogens with one attached hydrogen (secondary N) is 1. The molecule has 0 aliphatic carbocycles. The molecule has 0 bridgehead atoms. The van der Waals surface area contributed by atoms with E-state index >= 15 is 0 Å². The average Bonchev–Trinajstić information content (AvgIpc) is 2.63. The highest BCUT2D eigenvalue weighted by molar-refractivity contribution is 5.95. The molecule has 4 nitrogen and oxygen atoms in total. The lowest BCUT2D eigenvalue weighted by Gasteiger charge is -2.41. The highest BCUT2D eigenvalue weighted by atomic mass is 19.1. The molecule has 1 atom stereocenters. The Morgan fingerprint density at radius 3 is 2.60 bits per heavy atom. The summed E-state index contributed by atoms with van der Waals surface area (Å²) in [6.07, 6.45) is 5.64. The van der Waals surface area contributed by atoms with Gasteiger partial charge in [-0.3, -0.25) is 9.69 Å². The molecule has 2 fully saturated rings. The molecule has 1 amide bonds. The number of amides is 1. The average molecular weight is 345 g/mol. The molecule has 1 aromatic rings. The molecule has 136 valence electrons. The molecule has 2 aliphatic rings. The minimum Gasteiger partial charge on any atom is -0.346 e. The van der Waals surface area contributed by atoms with Crippen LogP contribution in [0.15, 0.2) is 36.2 Å². The zero-order valence-electron chi connectivity index (χ0n) is 15.0. The second-order valence-corrected chi connectivity index (χ2v) is 7.24. The number of halogens is 1. The van der Waals surface area contributed by atoms with Gasteiger partial charge in [0.15, 0.2) is 5.83 Å². The second kappa shape index (κ2) is 8.59. The van der Waals surface area contributed by atoms with E-state index < -0.39 is 11.7 Å². The van der Waals surface area contributed by atoms with Gasteiger partial charge in [-0.15, -0.1) is 0 Å². The molecule has 0 radical (unpaired) electrons. The van der Waals surface area contributed by atoms with Crippen molar-refractivity contribution in [2.45, 2.75) is 37.8 Å². The van der Waals surface area contributed by atoms with E-state index in [4.69, 9.17) is 0 Å². The van der Waals surface area contributed by atoms with Gasteiger partial charge in [-0.2, -0.15) is 0 Å². The summed E-state index contributed by atoms with van der Waals surface area (Å²) in [6.45, 7) is 4.18. The van der Waals surface area contributed by atoms with Crippen molar-refractivity contribution in [1.82, 2.24) is 15.1 Å². The van der Waals surface area contributed by atoms with Crippen LogP contribution < -0.4 is 5.32 Å². The van der Waals surface area contributed by atoms with E-state index in [1.807, 2.05) is 18.2 Å². The molecule has 0 saturated carbocycles. The number of likely N-dealkylation sites (tertiary alicyclic amines) is 2. The first-order valence-corrected chi connectivity index (χ1v) is 9.27. The van der Waals surface area contributed by atoms with E-state index in [9.17, 15) is 9.18 Å². The van der Waals surface area contributed by atoms with Crippen molar-refractivity contribution in [2.75, 3.05) is 33.2 Å². The van der Waals surface area contributed by atoms with Crippen LogP contribution >= 0.6 is 0 Å². The number of nitrogens with zero attached hydrogens (tertiary/aromatic N) is 2. The Labute approximate surface area is 149 Å². The van der Waals surface area contributed by atoms with Crippen molar-refractivity contribution in [2.24, 2.45) is 0 Å². The van der Waals surface area contributed by atoms with Crippen LogP contribution in [-0.2, 0) is 4.79 Å². The van der Waals surface area contributed by atoms with Crippen LogP contribution in [0.5, 0.6) is 0 Å². The van der Waals surface area contributed by atoms with E-state index in [0.29, 0.717) is 11.6 Å². The molecule has 2 heterocycles. The topological polar surface area (TPSA) is 35.6 Å². The Morgan fingerprint density at radius 2 is 1.88 bits per heavy atom. The highest BCUT2D eigenvalue weighted by Crippen LogP contribution is 2.21. The maximum atomic E-state index is 14.2. The fourth-order valence-corrected chi connectivity index (χ4v) is 3.83. The predicted molar refractivity (Wildman–Crippen MR) is 98.8 cm³/mol. The molecular weight excluding hydrogens is 317 g/mol. The van der Waals surface area contributed by atoms with Gasteiger partial charge in [0.2, 0.25) is 0 Å². The summed E-state index contributed by atoms with van der Waals surface area (Å²) in [5, 5.41) is 2.88. The van der Waals surface area contributed by atoms with E-state index in [-0.39, 0.29) is 6.04 Å². The van der Waals surface area contributed by atoms with Gasteiger partial charge in [0.05, 0.1) is 0 Å². The maximum Gasteiger partial charge on any atom is 0.280 e. The highest BCUT2D eigenvalue weighted by Gasteiger charge is 2.29. The normalized spacial score (nSPS) is 24.2.